The molecule has 2 fully saturated rings. The van der Waals surface area contributed by atoms with Gasteiger partial charge < -0.3 is 14.9 Å². The molecule has 2 aliphatic rings. The first kappa shape index (κ1) is 23.5. The van der Waals surface area contributed by atoms with Crippen molar-refractivity contribution in [2.45, 2.75) is 65.4 Å². The molecule has 1 N–H and O–H groups in total. The SMILES string of the molecule is CC.Cc1nn(C)c2cc(N3CCC(O)(CC(=O)N4CCC(C)CC4)CC3)c(F)cc12. The second kappa shape index (κ2) is 9.55. The van der Waals surface area contributed by atoms with E-state index in [2.05, 4.69) is 12.0 Å². The molecule has 0 saturated carbocycles. The summed E-state index contributed by atoms with van der Waals surface area (Å²) in [6.45, 7) is 10.7. The molecule has 1 amide bonds. The van der Waals surface area contributed by atoms with E-state index in [0.717, 1.165) is 42.5 Å². The van der Waals surface area contributed by atoms with Crippen LogP contribution >= 0.6 is 0 Å². The monoisotopic (exact) mass is 432 g/mol. The van der Waals surface area contributed by atoms with Crippen molar-refractivity contribution in [3.05, 3.63) is 23.6 Å². The molecule has 7 heteroatoms. The van der Waals surface area contributed by atoms with Crippen LogP contribution in [0.1, 0.15) is 58.6 Å². The maximum Gasteiger partial charge on any atom is 0.225 e. The van der Waals surface area contributed by atoms with Gasteiger partial charge in [0.15, 0.2) is 0 Å². The van der Waals surface area contributed by atoms with E-state index < -0.39 is 5.60 Å². The second-order valence-electron chi connectivity index (χ2n) is 8.98. The molecule has 0 atom stereocenters. The van der Waals surface area contributed by atoms with Crippen molar-refractivity contribution in [3.8, 4) is 0 Å². The summed E-state index contributed by atoms with van der Waals surface area (Å²) in [6, 6.07) is 3.39. The highest BCUT2D eigenvalue weighted by Gasteiger charge is 2.37. The predicted octanol–water partition coefficient (Wildman–Crippen LogP) is 4.03. The number of hydrogen-bond acceptors (Lipinski definition) is 4. The zero-order valence-electron chi connectivity index (χ0n) is 19.6. The van der Waals surface area contributed by atoms with E-state index >= 15 is 0 Å². The fourth-order valence-corrected chi connectivity index (χ4v) is 4.68. The van der Waals surface area contributed by atoms with Crippen molar-refractivity contribution in [3.63, 3.8) is 0 Å². The highest BCUT2D eigenvalue weighted by Crippen LogP contribution is 2.33. The Morgan fingerprint density at radius 2 is 1.81 bits per heavy atom. The topological polar surface area (TPSA) is 61.6 Å². The lowest BCUT2D eigenvalue weighted by molar-refractivity contribution is -0.138. The number of anilines is 1. The van der Waals surface area contributed by atoms with Gasteiger partial charge in [0.1, 0.15) is 5.82 Å². The number of likely N-dealkylation sites (tertiary alicyclic amines) is 1. The van der Waals surface area contributed by atoms with Crippen LogP contribution in [-0.2, 0) is 11.8 Å². The van der Waals surface area contributed by atoms with Crippen molar-refractivity contribution >= 4 is 22.5 Å². The Balaban J connectivity index is 0.00000132. The molecular formula is C24H37FN4O2. The molecule has 2 saturated heterocycles. The van der Waals surface area contributed by atoms with Gasteiger partial charge in [-0.25, -0.2) is 4.39 Å². The average molecular weight is 433 g/mol. The van der Waals surface area contributed by atoms with Gasteiger partial charge in [-0.2, -0.15) is 5.10 Å². The molecule has 31 heavy (non-hydrogen) atoms. The van der Waals surface area contributed by atoms with E-state index in [4.69, 9.17) is 0 Å². The number of aryl methyl sites for hydroxylation is 2. The first-order valence-electron chi connectivity index (χ1n) is 11.6. The molecule has 0 bridgehead atoms. The minimum Gasteiger partial charge on any atom is -0.389 e. The normalized spacial score (nSPS) is 19.3. The lowest BCUT2D eigenvalue weighted by Crippen LogP contribution is -2.48. The molecule has 2 aliphatic heterocycles. The molecule has 1 aromatic carbocycles. The van der Waals surface area contributed by atoms with Crippen LogP contribution in [-0.4, -0.2) is 57.5 Å². The number of aliphatic hydroxyl groups is 1. The fraction of sp³-hybridized carbons (Fsp3) is 0.667. The van der Waals surface area contributed by atoms with E-state index in [1.165, 1.54) is 0 Å². The summed E-state index contributed by atoms with van der Waals surface area (Å²) in [6.07, 6.45) is 3.16. The number of nitrogens with zero attached hydrogens (tertiary/aromatic N) is 4. The quantitative estimate of drug-likeness (QED) is 0.796. The van der Waals surface area contributed by atoms with Gasteiger partial charge in [0.25, 0.3) is 0 Å². The molecule has 4 rings (SSSR count). The molecule has 0 spiro atoms. The van der Waals surface area contributed by atoms with Gasteiger partial charge in [0, 0.05) is 38.6 Å². The van der Waals surface area contributed by atoms with Crippen LogP contribution in [0.15, 0.2) is 12.1 Å². The van der Waals surface area contributed by atoms with E-state index in [9.17, 15) is 14.3 Å². The van der Waals surface area contributed by atoms with Crippen LogP contribution in [0.5, 0.6) is 0 Å². The summed E-state index contributed by atoms with van der Waals surface area (Å²) in [5.74, 6) is 0.448. The van der Waals surface area contributed by atoms with Crippen LogP contribution in [0.25, 0.3) is 10.9 Å². The molecule has 0 unspecified atom stereocenters. The van der Waals surface area contributed by atoms with Crippen LogP contribution in [0.2, 0.25) is 0 Å². The van der Waals surface area contributed by atoms with Crippen LogP contribution in [0.3, 0.4) is 0 Å². The largest absolute Gasteiger partial charge is 0.389 e. The van der Waals surface area contributed by atoms with E-state index in [-0.39, 0.29) is 18.1 Å². The first-order chi connectivity index (χ1) is 14.8. The maximum atomic E-state index is 14.8. The highest BCUT2D eigenvalue weighted by molar-refractivity contribution is 5.85. The molecule has 3 heterocycles. The number of carbonyl (C=O) groups excluding carboxylic acids is 1. The van der Waals surface area contributed by atoms with Gasteiger partial charge in [-0.05, 0) is 50.7 Å². The van der Waals surface area contributed by atoms with Gasteiger partial charge in [-0.15, -0.1) is 0 Å². The smallest absolute Gasteiger partial charge is 0.225 e. The zero-order chi connectivity index (χ0) is 22.8. The van der Waals surface area contributed by atoms with Crippen LogP contribution in [0.4, 0.5) is 10.1 Å². The first-order valence-corrected chi connectivity index (χ1v) is 11.6. The Morgan fingerprint density at radius 3 is 2.42 bits per heavy atom. The van der Waals surface area contributed by atoms with Gasteiger partial charge in [-0.3, -0.25) is 9.48 Å². The van der Waals surface area contributed by atoms with E-state index in [1.807, 2.05) is 43.7 Å². The number of fused-ring (bicyclic) bond motifs is 1. The van der Waals surface area contributed by atoms with E-state index in [1.54, 1.807) is 10.7 Å². The summed E-state index contributed by atoms with van der Waals surface area (Å²) in [5.41, 5.74) is 1.25. The zero-order valence-corrected chi connectivity index (χ0v) is 19.6. The van der Waals surface area contributed by atoms with Crippen molar-refractivity contribution in [2.75, 3.05) is 31.1 Å². The Bertz CT molecular complexity index is 910. The average Bonchev–Trinajstić information content (AvgIpc) is 3.02. The summed E-state index contributed by atoms with van der Waals surface area (Å²) in [5, 5.41) is 16.2. The Hall–Kier alpha value is -2.15. The van der Waals surface area contributed by atoms with Crippen molar-refractivity contribution < 1.29 is 14.3 Å². The minimum absolute atomic E-state index is 0.0470. The lowest BCUT2D eigenvalue weighted by Gasteiger charge is -2.40. The molecular weight excluding hydrogens is 395 g/mol. The summed E-state index contributed by atoms with van der Waals surface area (Å²) in [4.78, 5) is 16.5. The molecule has 2 aromatic rings. The number of piperidine rings is 2. The van der Waals surface area contributed by atoms with Gasteiger partial charge >= 0.3 is 0 Å². The maximum absolute atomic E-state index is 14.8. The molecule has 1 aromatic heterocycles. The summed E-state index contributed by atoms with van der Waals surface area (Å²) in [7, 11) is 1.86. The Morgan fingerprint density at radius 1 is 1.19 bits per heavy atom. The number of rotatable bonds is 3. The second-order valence-corrected chi connectivity index (χ2v) is 8.98. The molecule has 0 radical (unpaired) electrons. The predicted molar refractivity (Wildman–Crippen MR) is 123 cm³/mol. The number of benzene rings is 1. The lowest BCUT2D eigenvalue weighted by atomic mass is 9.87. The van der Waals surface area contributed by atoms with Crippen molar-refractivity contribution in [2.24, 2.45) is 13.0 Å². The molecule has 6 nitrogen and oxygen atoms in total. The molecule has 172 valence electrons. The van der Waals surface area contributed by atoms with Crippen LogP contribution < -0.4 is 4.90 Å². The minimum atomic E-state index is -1.000. The van der Waals surface area contributed by atoms with Gasteiger partial charge in [0.05, 0.1) is 28.9 Å². The van der Waals surface area contributed by atoms with Gasteiger partial charge in [0.2, 0.25) is 5.91 Å². The third-order valence-corrected chi connectivity index (χ3v) is 6.76. The number of amides is 1. The highest BCUT2D eigenvalue weighted by atomic mass is 19.1. The standard InChI is InChI=1S/C22H31FN4O2.C2H6/c1-15-4-8-27(9-5-15)21(28)14-22(29)6-10-26(11-7-22)20-13-19-17(12-18(20)23)16(2)24-25(19)3;1-2/h12-13,15,29H,4-11,14H2,1-3H3;1-2H3. The Labute approximate surface area is 185 Å². The van der Waals surface area contributed by atoms with Crippen molar-refractivity contribution in [1.82, 2.24) is 14.7 Å². The third-order valence-electron chi connectivity index (χ3n) is 6.76. The van der Waals surface area contributed by atoms with Gasteiger partial charge in [-0.1, -0.05) is 20.8 Å². The third kappa shape index (κ3) is 5.03. The van der Waals surface area contributed by atoms with Crippen molar-refractivity contribution in [1.29, 1.82) is 0 Å². The fourth-order valence-electron chi connectivity index (χ4n) is 4.68. The number of aromatic nitrogens is 2. The Kier molecular flexibility index (Phi) is 7.24. The number of halogens is 1. The number of hydrogen-bond donors (Lipinski definition) is 1. The van der Waals surface area contributed by atoms with Crippen LogP contribution in [0, 0.1) is 18.7 Å². The molecule has 0 aliphatic carbocycles. The summed E-state index contributed by atoms with van der Waals surface area (Å²) < 4.78 is 16.5. The summed E-state index contributed by atoms with van der Waals surface area (Å²) >= 11 is 0. The van der Waals surface area contributed by atoms with E-state index in [0.29, 0.717) is 37.5 Å². The number of carbonyl (C=O) groups is 1.